The van der Waals surface area contributed by atoms with Gasteiger partial charge < -0.3 is 9.32 Å². The predicted octanol–water partition coefficient (Wildman–Crippen LogP) is 0.768. The normalized spacial score (nSPS) is 9.27. The fourth-order valence-corrected chi connectivity index (χ4v) is 0.488. The van der Waals surface area contributed by atoms with Gasteiger partial charge in [-0.05, 0) is 0 Å². The highest BCUT2D eigenvalue weighted by atomic mass is 16.4. The van der Waals surface area contributed by atoms with Crippen molar-refractivity contribution in [2.24, 2.45) is 0 Å². The van der Waals surface area contributed by atoms with E-state index in [-0.39, 0.29) is 12.0 Å². The Hall–Kier alpha value is -1.52. The van der Waals surface area contributed by atoms with Gasteiger partial charge in [0.1, 0.15) is 6.26 Å². The number of nitrogens with one attached hydrogen (secondary N) is 1. The Kier molecular flexibility index (Phi) is 2.10. The molecule has 0 aliphatic rings. The Morgan fingerprint density at radius 3 is 2.91 bits per heavy atom. The molecule has 0 atom stereocenters. The number of anilines is 1. The summed E-state index contributed by atoms with van der Waals surface area (Å²) >= 11 is 0. The maximum atomic E-state index is 10.9. The van der Waals surface area contributed by atoms with Crippen molar-refractivity contribution in [1.82, 2.24) is 9.88 Å². The third-order valence-electron chi connectivity index (χ3n) is 1.05. The smallest absolute Gasteiger partial charge is 0.324 e. The van der Waals surface area contributed by atoms with Crippen molar-refractivity contribution in [3.8, 4) is 0 Å². The van der Waals surface area contributed by atoms with E-state index in [0.29, 0.717) is 0 Å². The molecule has 0 saturated heterocycles. The first kappa shape index (κ1) is 7.59. The predicted molar refractivity (Wildman–Crippen MR) is 39.2 cm³/mol. The number of carbonyl (C=O) groups excluding carboxylic acids is 1. The summed E-state index contributed by atoms with van der Waals surface area (Å²) in [7, 11) is 3.27. The zero-order chi connectivity index (χ0) is 8.27. The molecule has 0 aromatic carbocycles. The molecule has 0 aliphatic carbocycles. The Labute approximate surface area is 64.0 Å². The van der Waals surface area contributed by atoms with E-state index in [1.807, 2.05) is 0 Å². The van der Waals surface area contributed by atoms with E-state index in [4.69, 9.17) is 4.42 Å². The zero-order valence-corrected chi connectivity index (χ0v) is 6.37. The molecule has 1 aromatic heterocycles. The highest BCUT2D eigenvalue weighted by molar-refractivity contribution is 5.86. The van der Waals surface area contributed by atoms with Gasteiger partial charge in [-0.1, -0.05) is 0 Å². The van der Waals surface area contributed by atoms with Crippen molar-refractivity contribution in [2.75, 3.05) is 19.4 Å². The molecule has 0 unspecified atom stereocenters. The van der Waals surface area contributed by atoms with Crippen LogP contribution < -0.4 is 5.32 Å². The largest absolute Gasteiger partial charge is 0.432 e. The third-order valence-corrected chi connectivity index (χ3v) is 1.05. The number of hydrogen-bond donors (Lipinski definition) is 1. The summed E-state index contributed by atoms with van der Waals surface area (Å²) in [6, 6.07) is -0.0452. The van der Waals surface area contributed by atoms with Crippen LogP contribution in [0, 0.1) is 0 Å². The molecular weight excluding hydrogens is 146 g/mol. The summed E-state index contributed by atoms with van der Waals surface area (Å²) in [5.41, 5.74) is 0. The summed E-state index contributed by atoms with van der Waals surface area (Å²) in [6.07, 6.45) is 2.86. The van der Waals surface area contributed by atoms with E-state index in [1.54, 1.807) is 14.1 Å². The Balaban J connectivity index is 2.50. The van der Waals surface area contributed by atoms with Crippen LogP contribution in [0.25, 0.3) is 0 Å². The van der Waals surface area contributed by atoms with Crippen molar-refractivity contribution in [2.45, 2.75) is 0 Å². The zero-order valence-electron chi connectivity index (χ0n) is 6.37. The van der Waals surface area contributed by atoms with Crippen LogP contribution in [0.2, 0.25) is 0 Å². The minimum absolute atomic E-state index is 0.212. The number of urea groups is 1. The van der Waals surface area contributed by atoms with Crippen LogP contribution in [0.5, 0.6) is 0 Å². The molecular formula is C6H9N3O2. The lowest BCUT2D eigenvalue weighted by molar-refractivity contribution is 0.230. The van der Waals surface area contributed by atoms with E-state index in [2.05, 4.69) is 10.3 Å². The molecule has 0 bridgehead atoms. The van der Waals surface area contributed by atoms with Crippen LogP contribution in [0.4, 0.5) is 10.8 Å². The first-order chi connectivity index (χ1) is 5.20. The van der Waals surface area contributed by atoms with Crippen molar-refractivity contribution in [3.05, 3.63) is 12.5 Å². The fraction of sp³-hybridized carbons (Fsp3) is 0.333. The molecule has 1 N–H and O–H groups in total. The molecule has 0 saturated carbocycles. The fourth-order valence-electron chi connectivity index (χ4n) is 0.488. The molecule has 0 radical (unpaired) electrons. The summed E-state index contributed by atoms with van der Waals surface area (Å²) < 4.78 is 4.78. The summed E-state index contributed by atoms with van der Waals surface area (Å²) in [5.74, 6) is 0. The van der Waals surface area contributed by atoms with Crippen LogP contribution in [0.3, 0.4) is 0 Å². The number of aromatic nitrogens is 1. The molecule has 1 rings (SSSR count). The van der Waals surface area contributed by atoms with Crippen LogP contribution >= 0.6 is 0 Å². The summed E-state index contributed by atoms with van der Waals surface area (Å²) in [4.78, 5) is 16.0. The van der Waals surface area contributed by atoms with E-state index < -0.39 is 0 Å². The van der Waals surface area contributed by atoms with Gasteiger partial charge in [0.15, 0.2) is 0 Å². The number of carbonyl (C=O) groups is 1. The molecule has 60 valence electrons. The average molecular weight is 155 g/mol. The minimum atomic E-state index is -0.257. The first-order valence-corrected chi connectivity index (χ1v) is 3.08. The van der Waals surface area contributed by atoms with Gasteiger partial charge >= 0.3 is 12.0 Å². The quantitative estimate of drug-likeness (QED) is 0.651. The first-order valence-electron chi connectivity index (χ1n) is 3.08. The molecule has 11 heavy (non-hydrogen) atoms. The van der Waals surface area contributed by atoms with Crippen molar-refractivity contribution in [3.63, 3.8) is 0 Å². The van der Waals surface area contributed by atoms with Crippen LogP contribution in [-0.2, 0) is 0 Å². The monoisotopic (exact) mass is 155 g/mol. The number of hydrogen-bond acceptors (Lipinski definition) is 3. The Bertz CT molecular complexity index is 230. The summed E-state index contributed by atoms with van der Waals surface area (Å²) in [6.45, 7) is 0. The number of nitrogens with zero attached hydrogens (tertiary/aromatic N) is 2. The van der Waals surface area contributed by atoms with Crippen molar-refractivity contribution >= 4 is 12.0 Å². The van der Waals surface area contributed by atoms with Crippen LogP contribution in [-0.4, -0.2) is 30.0 Å². The van der Waals surface area contributed by atoms with Gasteiger partial charge in [0.05, 0.1) is 6.20 Å². The Morgan fingerprint density at radius 1 is 1.73 bits per heavy atom. The highest BCUT2D eigenvalue weighted by Gasteiger charge is 2.05. The highest BCUT2D eigenvalue weighted by Crippen LogP contribution is 2.00. The average Bonchev–Trinajstić information content (AvgIpc) is 2.39. The topological polar surface area (TPSA) is 58.4 Å². The van der Waals surface area contributed by atoms with E-state index in [0.717, 1.165) is 0 Å². The number of rotatable bonds is 1. The van der Waals surface area contributed by atoms with Gasteiger partial charge in [-0.3, -0.25) is 5.32 Å². The maximum Gasteiger partial charge on any atom is 0.324 e. The second-order valence-corrected chi connectivity index (χ2v) is 2.16. The molecule has 5 heteroatoms. The lowest BCUT2D eigenvalue weighted by Gasteiger charge is -2.08. The lowest BCUT2D eigenvalue weighted by Crippen LogP contribution is -2.27. The number of oxazole rings is 1. The molecule has 2 amide bonds. The van der Waals surface area contributed by atoms with Gasteiger partial charge in [-0.2, -0.15) is 0 Å². The van der Waals surface area contributed by atoms with Crippen molar-refractivity contribution < 1.29 is 9.21 Å². The van der Waals surface area contributed by atoms with Gasteiger partial charge in [0.2, 0.25) is 0 Å². The van der Waals surface area contributed by atoms with Gasteiger partial charge in [0, 0.05) is 14.1 Å². The molecule has 1 aromatic rings. The number of amides is 2. The van der Waals surface area contributed by atoms with E-state index in [1.165, 1.54) is 17.4 Å². The molecule has 0 aliphatic heterocycles. The minimum Gasteiger partial charge on any atom is -0.432 e. The second kappa shape index (κ2) is 3.05. The summed E-state index contributed by atoms with van der Waals surface area (Å²) in [5, 5.41) is 2.43. The second-order valence-electron chi connectivity index (χ2n) is 2.16. The molecule has 5 nitrogen and oxygen atoms in total. The Morgan fingerprint density at radius 2 is 2.45 bits per heavy atom. The SMILES string of the molecule is CN(C)C(=O)Nc1ncco1. The van der Waals surface area contributed by atoms with Crippen LogP contribution in [0.15, 0.2) is 16.9 Å². The van der Waals surface area contributed by atoms with E-state index >= 15 is 0 Å². The van der Waals surface area contributed by atoms with Gasteiger partial charge in [-0.15, -0.1) is 0 Å². The van der Waals surface area contributed by atoms with Gasteiger partial charge in [0.25, 0.3) is 0 Å². The third kappa shape index (κ3) is 1.96. The molecule has 0 fully saturated rings. The maximum absolute atomic E-state index is 10.9. The lowest BCUT2D eigenvalue weighted by atomic mass is 10.8. The van der Waals surface area contributed by atoms with Crippen molar-refractivity contribution in [1.29, 1.82) is 0 Å². The molecule has 0 spiro atoms. The standard InChI is InChI=1S/C6H9N3O2/c1-9(2)6(10)8-5-7-3-4-11-5/h3-4H,1-2H3,(H,7,8,10). The molecule has 1 heterocycles. The van der Waals surface area contributed by atoms with Gasteiger partial charge in [-0.25, -0.2) is 9.78 Å². The van der Waals surface area contributed by atoms with E-state index in [9.17, 15) is 4.79 Å². The van der Waals surface area contributed by atoms with Crippen LogP contribution in [0.1, 0.15) is 0 Å².